The van der Waals surface area contributed by atoms with Gasteiger partial charge in [-0.05, 0) is 39.8 Å². The summed E-state index contributed by atoms with van der Waals surface area (Å²) in [5, 5.41) is 8.35. The van der Waals surface area contributed by atoms with Crippen LogP contribution in [-0.4, -0.2) is 35.5 Å². The number of hydrogen-bond donors (Lipinski definition) is 1. The first-order valence-corrected chi connectivity index (χ1v) is 7.82. The van der Waals surface area contributed by atoms with Crippen LogP contribution in [-0.2, 0) is 0 Å². The van der Waals surface area contributed by atoms with Gasteiger partial charge in [0.2, 0.25) is 0 Å². The maximum Gasteiger partial charge on any atom is 0.430 e. The van der Waals surface area contributed by atoms with Gasteiger partial charge in [-0.3, -0.25) is 0 Å². The molecule has 1 aromatic rings. The van der Waals surface area contributed by atoms with Gasteiger partial charge < -0.3 is 5.32 Å². The first kappa shape index (κ1) is 20.4. The van der Waals surface area contributed by atoms with Gasteiger partial charge in [0.15, 0.2) is 5.82 Å². The average Bonchev–Trinajstić information content (AvgIpc) is 2.49. The number of hydrazone groups is 1. The maximum absolute atomic E-state index is 12.9. The zero-order valence-corrected chi connectivity index (χ0v) is 14.9. The van der Waals surface area contributed by atoms with Crippen molar-refractivity contribution in [2.24, 2.45) is 5.10 Å². The third kappa shape index (κ3) is 5.79. The molecular formula is C16H22ClF3N4. The lowest BCUT2D eigenvalue weighted by atomic mass is 10.1. The van der Waals surface area contributed by atoms with E-state index in [1.807, 2.05) is 13.8 Å². The van der Waals surface area contributed by atoms with E-state index in [9.17, 15) is 13.2 Å². The molecule has 0 amide bonds. The monoisotopic (exact) mass is 362 g/mol. The summed E-state index contributed by atoms with van der Waals surface area (Å²) in [6.07, 6.45) is -3.05. The van der Waals surface area contributed by atoms with Crippen molar-refractivity contribution in [3.63, 3.8) is 0 Å². The summed E-state index contributed by atoms with van der Waals surface area (Å²) in [5.41, 5.74) is -0.0383. The lowest BCUT2D eigenvalue weighted by Crippen LogP contribution is -2.42. The van der Waals surface area contributed by atoms with Gasteiger partial charge in [0, 0.05) is 18.8 Å². The Morgan fingerprint density at radius 3 is 2.54 bits per heavy atom. The Balaban J connectivity index is 3.10. The summed E-state index contributed by atoms with van der Waals surface area (Å²) in [6.45, 7) is 10.7. The molecule has 0 fully saturated rings. The second-order valence-electron chi connectivity index (χ2n) is 5.66. The van der Waals surface area contributed by atoms with Crippen LogP contribution in [0.2, 0.25) is 5.02 Å². The molecule has 24 heavy (non-hydrogen) atoms. The summed E-state index contributed by atoms with van der Waals surface area (Å²) in [5.74, 6) is 0.181. The molecule has 1 rings (SSSR count). The minimum Gasteiger partial charge on any atom is -0.308 e. The number of nitrogens with one attached hydrogen (secondary N) is 1. The van der Waals surface area contributed by atoms with Crippen molar-refractivity contribution in [2.45, 2.75) is 46.0 Å². The van der Waals surface area contributed by atoms with Crippen LogP contribution in [0.1, 0.15) is 27.7 Å². The van der Waals surface area contributed by atoms with E-state index in [-0.39, 0.29) is 16.9 Å². The number of anilines is 1. The highest BCUT2D eigenvalue weighted by Gasteiger charge is 2.34. The van der Waals surface area contributed by atoms with Crippen LogP contribution in [0.5, 0.6) is 0 Å². The first-order chi connectivity index (χ1) is 11.0. The van der Waals surface area contributed by atoms with Gasteiger partial charge >= 0.3 is 6.18 Å². The standard InChI is InChI=1S/C16H22ClF3N4/c1-10(2)12(4)22-9-11(3)24(23-13(5)16(18,19)20)15-14(17)7-6-8-21-15/h6-8,11-12,22H,1,9H2,2-5H3/b23-13+. The van der Waals surface area contributed by atoms with Gasteiger partial charge in [0.1, 0.15) is 5.71 Å². The Kier molecular flexibility index (Phi) is 7.23. The zero-order valence-electron chi connectivity index (χ0n) is 14.2. The highest BCUT2D eigenvalue weighted by Crippen LogP contribution is 2.26. The van der Waals surface area contributed by atoms with Crippen molar-refractivity contribution in [3.8, 4) is 0 Å². The van der Waals surface area contributed by atoms with E-state index in [0.717, 1.165) is 12.5 Å². The van der Waals surface area contributed by atoms with Crippen LogP contribution in [0, 0.1) is 0 Å². The van der Waals surface area contributed by atoms with E-state index in [0.29, 0.717) is 6.54 Å². The van der Waals surface area contributed by atoms with Gasteiger partial charge in [-0.2, -0.15) is 18.3 Å². The van der Waals surface area contributed by atoms with E-state index in [2.05, 4.69) is 22.0 Å². The van der Waals surface area contributed by atoms with Crippen molar-refractivity contribution >= 4 is 23.1 Å². The molecule has 4 nitrogen and oxygen atoms in total. The van der Waals surface area contributed by atoms with Gasteiger partial charge in [-0.15, -0.1) is 0 Å². The van der Waals surface area contributed by atoms with Crippen molar-refractivity contribution in [1.82, 2.24) is 10.3 Å². The van der Waals surface area contributed by atoms with Crippen LogP contribution >= 0.6 is 11.6 Å². The normalized spacial score (nSPS) is 15.1. The predicted octanol–water partition coefficient (Wildman–Crippen LogP) is 4.42. The van der Waals surface area contributed by atoms with Gasteiger partial charge in [-0.1, -0.05) is 23.8 Å². The van der Waals surface area contributed by atoms with Crippen LogP contribution in [0.4, 0.5) is 19.0 Å². The molecule has 0 radical (unpaired) electrons. The molecule has 2 atom stereocenters. The summed E-state index contributed by atoms with van der Waals surface area (Å²) in [7, 11) is 0. The van der Waals surface area contributed by atoms with Crippen molar-refractivity contribution in [3.05, 3.63) is 35.5 Å². The van der Waals surface area contributed by atoms with E-state index >= 15 is 0 Å². The predicted molar refractivity (Wildman–Crippen MR) is 92.6 cm³/mol. The van der Waals surface area contributed by atoms with E-state index < -0.39 is 17.9 Å². The summed E-state index contributed by atoms with van der Waals surface area (Å²) >= 11 is 6.08. The minimum absolute atomic E-state index is 0.0289. The lowest BCUT2D eigenvalue weighted by molar-refractivity contribution is -0.0595. The summed E-state index contributed by atoms with van der Waals surface area (Å²) < 4.78 is 38.6. The molecule has 0 saturated heterocycles. The molecule has 0 aromatic carbocycles. The number of hydrogen-bond acceptors (Lipinski definition) is 4. The molecule has 0 saturated carbocycles. The number of nitrogens with zero attached hydrogens (tertiary/aromatic N) is 3. The lowest BCUT2D eigenvalue weighted by Gasteiger charge is -2.28. The molecule has 0 bridgehead atoms. The average molecular weight is 363 g/mol. The van der Waals surface area contributed by atoms with Gasteiger partial charge in [-0.25, -0.2) is 9.99 Å². The van der Waals surface area contributed by atoms with Crippen LogP contribution in [0.3, 0.4) is 0 Å². The highest BCUT2D eigenvalue weighted by atomic mass is 35.5. The Labute approximate surface area is 145 Å². The molecule has 0 aliphatic heterocycles. The molecule has 1 aromatic heterocycles. The number of rotatable bonds is 7. The molecule has 134 valence electrons. The largest absolute Gasteiger partial charge is 0.430 e. The highest BCUT2D eigenvalue weighted by molar-refractivity contribution is 6.32. The first-order valence-electron chi connectivity index (χ1n) is 7.45. The zero-order chi connectivity index (χ0) is 18.5. The molecule has 0 spiro atoms. The molecule has 0 aliphatic carbocycles. The second kappa shape index (κ2) is 8.48. The summed E-state index contributed by atoms with van der Waals surface area (Å²) in [4.78, 5) is 4.07. The molecule has 8 heteroatoms. The van der Waals surface area contributed by atoms with E-state index in [1.165, 1.54) is 11.2 Å². The van der Waals surface area contributed by atoms with E-state index in [4.69, 9.17) is 11.6 Å². The number of pyridine rings is 1. The molecule has 0 aliphatic rings. The molecular weight excluding hydrogens is 341 g/mol. The summed E-state index contributed by atoms with van der Waals surface area (Å²) in [6, 6.07) is 2.79. The third-order valence-electron chi connectivity index (χ3n) is 3.50. The van der Waals surface area contributed by atoms with Crippen molar-refractivity contribution < 1.29 is 13.2 Å². The smallest absolute Gasteiger partial charge is 0.308 e. The van der Waals surface area contributed by atoms with Crippen molar-refractivity contribution in [2.75, 3.05) is 11.6 Å². The van der Waals surface area contributed by atoms with E-state index in [1.54, 1.807) is 19.1 Å². The Morgan fingerprint density at radius 1 is 1.42 bits per heavy atom. The Morgan fingerprint density at radius 2 is 2.04 bits per heavy atom. The number of halogens is 4. The van der Waals surface area contributed by atoms with Crippen molar-refractivity contribution in [1.29, 1.82) is 0 Å². The minimum atomic E-state index is -4.52. The van der Waals surface area contributed by atoms with Crippen LogP contribution in [0.25, 0.3) is 0 Å². The maximum atomic E-state index is 12.9. The second-order valence-corrected chi connectivity index (χ2v) is 6.07. The quantitative estimate of drug-likeness (QED) is 0.443. The number of aromatic nitrogens is 1. The third-order valence-corrected chi connectivity index (χ3v) is 3.80. The topological polar surface area (TPSA) is 40.5 Å². The fourth-order valence-corrected chi connectivity index (χ4v) is 1.94. The molecule has 1 heterocycles. The SMILES string of the molecule is C=C(C)C(C)NCC(C)N(/N=C(\C)C(F)(F)F)c1ncccc1Cl. The Hall–Kier alpha value is -1.60. The Bertz CT molecular complexity index is 601. The molecule has 2 unspecified atom stereocenters. The fourth-order valence-electron chi connectivity index (χ4n) is 1.73. The molecule has 1 N–H and O–H groups in total. The van der Waals surface area contributed by atoms with Gasteiger partial charge in [0.25, 0.3) is 0 Å². The van der Waals surface area contributed by atoms with Gasteiger partial charge in [0.05, 0.1) is 11.1 Å². The number of alkyl halides is 3. The van der Waals surface area contributed by atoms with Crippen LogP contribution in [0.15, 0.2) is 35.6 Å². The van der Waals surface area contributed by atoms with Crippen LogP contribution < -0.4 is 10.3 Å². The fraction of sp³-hybridized carbons (Fsp3) is 0.500.